The van der Waals surface area contributed by atoms with Gasteiger partial charge in [-0.1, -0.05) is 36.4 Å². The molecule has 0 bridgehead atoms. The number of carbonyl (C=O) groups excluding carboxylic acids is 1. The average Bonchev–Trinajstić information content (AvgIpc) is 3.26. The minimum atomic E-state index is -2.74. The lowest BCUT2D eigenvalue weighted by Gasteiger charge is -2.42. The van der Waals surface area contributed by atoms with E-state index in [9.17, 15) is 23.6 Å². The molecule has 4 rings (SSSR count). The molecule has 1 aromatic heterocycles. The smallest absolute Gasteiger partial charge is 0.336 e. The van der Waals surface area contributed by atoms with Gasteiger partial charge in [0.1, 0.15) is 5.82 Å². The zero-order valence-corrected chi connectivity index (χ0v) is 23.5. The van der Waals surface area contributed by atoms with Crippen molar-refractivity contribution in [2.75, 3.05) is 13.1 Å². The highest BCUT2D eigenvalue weighted by Gasteiger charge is 2.41. The van der Waals surface area contributed by atoms with Crippen molar-refractivity contribution in [2.45, 2.75) is 63.8 Å². The Morgan fingerprint density at radius 2 is 1.52 bits per heavy atom. The fraction of sp³-hybridized carbons (Fsp3) is 0.400. The number of nitrogens with one attached hydrogen (secondary N) is 1. The van der Waals surface area contributed by atoms with E-state index >= 15 is 0 Å². The Bertz CT molecular complexity index is 1430. The van der Waals surface area contributed by atoms with Gasteiger partial charge in [0.25, 0.3) is 0 Å². The zero-order chi connectivity index (χ0) is 31.1. The highest BCUT2D eigenvalue weighted by atomic mass is 19.1. The van der Waals surface area contributed by atoms with Gasteiger partial charge in [0.15, 0.2) is 5.60 Å². The van der Waals surface area contributed by atoms with Crippen molar-refractivity contribution in [3.63, 3.8) is 0 Å². The average molecular weight is 586 g/mol. The molecule has 1 saturated heterocycles. The molecule has 0 unspecified atom stereocenters. The molecule has 2 heterocycles. The number of aryl methyl sites for hydroxylation is 1. The van der Waals surface area contributed by atoms with Crippen LogP contribution >= 0.6 is 0 Å². The van der Waals surface area contributed by atoms with E-state index in [-0.39, 0.29) is 11.7 Å². The summed E-state index contributed by atoms with van der Waals surface area (Å²) >= 11 is 0. The Balaban J connectivity index is 0.000000316. The number of aromatic nitrogens is 1. The Morgan fingerprint density at radius 1 is 0.952 bits per heavy atom. The fourth-order valence-electron chi connectivity index (χ4n) is 5.41. The second kappa shape index (κ2) is 13.6. The van der Waals surface area contributed by atoms with Crippen molar-refractivity contribution in [1.82, 2.24) is 14.8 Å². The number of para-hydroxylation sites is 1. The van der Waals surface area contributed by atoms with E-state index in [4.69, 9.17) is 20.4 Å². The lowest BCUT2D eigenvalue weighted by Crippen LogP contribution is -2.52. The molecular formula is C30H36FN3O8. The summed E-state index contributed by atoms with van der Waals surface area (Å²) in [4.78, 5) is 44.8. The molecule has 11 nitrogen and oxygen atoms in total. The molecule has 1 aliphatic rings. The number of piperidine rings is 1. The number of halogens is 1. The fourth-order valence-corrected chi connectivity index (χ4v) is 5.41. The molecule has 2 aromatic carbocycles. The number of aliphatic hydroxyl groups is 1. The van der Waals surface area contributed by atoms with Gasteiger partial charge in [0.2, 0.25) is 5.91 Å². The Hall–Kier alpha value is -4.29. The van der Waals surface area contributed by atoms with Crippen LogP contribution in [0.4, 0.5) is 4.39 Å². The number of fused-ring (bicyclic) bond motifs is 1. The van der Waals surface area contributed by atoms with E-state index in [1.165, 1.54) is 29.5 Å². The number of amides is 1. The maximum absolute atomic E-state index is 14.6. The first kappa shape index (κ1) is 32.2. The van der Waals surface area contributed by atoms with Crippen molar-refractivity contribution in [2.24, 2.45) is 0 Å². The standard InChI is InChI=1S/C24H28FN3O.C6H8O7/c1-3-28-17-19(20-8-4-7-11-23(20)28)16-27-14-12-24(13-15-27,26-18(2)29)21-9-5-6-10-22(21)25;7-3(8)1-6(13,5(11)12)2-4(9)10/h4-11,17H,3,12-16H2,1-2H3,(H,26,29);13H,1-2H2,(H,7,8)(H,9,10)(H,11,12). The van der Waals surface area contributed by atoms with Gasteiger partial charge in [-0.2, -0.15) is 0 Å². The molecule has 0 atom stereocenters. The minimum Gasteiger partial charge on any atom is -0.481 e. The lowest BCUT2D eigenvalue weighted by molar-refractivity contribution is -0.170. The molecular weight excluding hydrogens is 549 g/mol. The van der Waals surface area contributed by atoms with Crippen LogP contribution in [0.1, 0.15) is 50.7 Å². The van der Waals surface area contributed by atoms with Crippen LogP contribution < -0.4 is 5.32 Å². The number of carboxylic acids is 3. The van der Waals surface area contributed by atoms with Gasteiger partial charge in [0.05, 0.1) is 18.4 Å². The van der Waals surface area contributed by atoms with Gasteiger partial charge in [-0.25, -0.2) is 9.18 Å². The van der Waals surface area contributed by atoms with Gasteiger partial charge in [-0.15, -0.1) is 0 Å². The normalized spacial score (nSPS) is 15.0. The number of hydrogen-bond donors (Lipinski definition) is 5. The Morgan fingerprint density at radius 3 is 2.05 bits per heavy atom. The largest absolute Gasteiger partial charge is 0.481 e. The van der Waals surface area contributed by atoms with Crippen LogP contribution in [-0.4, -0.2) is 72.4 Å². The maximum atomic E-state index is 14.6. The van der Waals surface area contributed by atoms with Crippen LogP contribution in [0.5, 0.6) is 0 Å². The summed E-state index contributed by atoms with van der Waals surface area (Å²) in [6.07, 6.45) is 1.35. The number of carbonyl (C=O) groups is 4. The van der Waals surface area contributed by atoms with Crippen LogP contribution in [0.25, 0.3) is 10.9 Å². The molecule has 226 valence electrons. The van der Waals surface area contributed by atoms with Crippen LogP contribution in [-0.2, 0) is 37.8 Å². The number of hydrogen-bond acceptors (Lipinski definition) is 6. The Labute approximate surface area is 242 Å². The van der Waals surface area contributed by atoms with Gasteiger partial charge < -0.3 is 30.3 Å². The maximum Gasteiger partial charge on any atom is 0.336 e. The summed E-state index contributed by atoms with van der Waals surface area (Å²) in [6.45, 7) is 7.09. The third-order valence-electron chi connectivity index (χ3n) is 7.41. The van der Waals surface area contributed by atoms with Crippen LogP contribution in [0.15, 0.2) is 54.7 Å². The van der Waals surface area contributed by atoms with Crippen molar-refractivity contribution in [3.8, 4) is 0 Å². The molecule has 0 aliphatic carbocycles. The van der Waals surface area contributed by atoms with Crippen molar-refractivity contribution in [1.29, 1.82) is 0 Å². The van der Waals surface area contributed by atoms with Crippen molar-refractivity contribution < 1.29 is 44.0 Å². The molecule has 42 heavy (non-hydrogen) atoms. The number of aliphatic carboxylic acids is 3. The number of likely N-dealkylation sites (tertiary alicyclic amines) is 1. The van der Waals surface area contributed by atoms with E-state index in [0.29, 0.717) is 18.4 Å². The summed E-state index contributed by atoms with van der Waals surface area (Å²) in [6, 6.07) is 15.3. The zero-order valence-electron chi connectivity index (χ0n) is 23.5. The summed E-state index contributed by atoms with van der Waals surface area (Å²) in [5, 5.41) is 38.2. The van der Waals surface area contributed by atoms with Crippen LogP contribution in [0, 0.1) is 5.82 Å². The topological polar surface area (TPSA) is 169 Å². The second-order valence-corrected chi connectivity index (χ2v) is 10.5. The first-order valence-electron chi connectivity index (χ1n) is 13.5. The predicted molar refractivity (Wildman–Crippen MR) is 151 cm³/mol. The monoisotopic (exact) mass is 585 g/mol. The Kier molecular flexibility index (Phi) is 10.4. The quantitative estimate of drug-likeness (QED) is 0.240. The highest BCUT2D eigenvalue weighted by Crippen LogP contribution is 2.35. The number of benzene rings is 2. The minimum absolute atomic E-state index is 0.118. The molecule has 1 fully saturated rings. The van der Waals surface area contributed by atoms with Crippen molar-refractivity contribution in [3.05, 3.63) is 71.7 Å². The van der Waals surface area contributed by atoms with Gasteiger partial charge in [-0.3, -0.25) is 19.3 Å². The molecule has 1 amide bonds. The first-order valence-corrected chi connectivity index (χ1v) is 13.5. The van der Waals surface area contributed by atoms with E-state index in [1.807, 2.05) is 6.07 Å². The summed E-state index contributed by atoms with van der Waals surface area (Å²) in [7, 11) is 0. The molecule has 1 aliphatic heterocycles. The van der Waals surface area contributed by atoms with Crippen LogP contribution in [0.3, 0.4) is 0 Å². The van der Waals surface area contributed by atoms with E-state index in [2.05, 4.69) is 52.2 Å². The van der Waals surface area contributed by atoms with Crippen molar-refractivity contribution >= 4 is 34.7 Å². The molecule has 12 heteroatoms. The highest BCUT2D eigenvalue weighted by molar-refractivity contribution is 5.88. The SMILES string of the molecule is CCn1cc(CN2CCC(NC(C)=O)(c3ccccc3F)CC2)c2ccccc21.O=C(O)CC(O)(CC(=O)O)C(=O)O. The lowest BCUT2D eigenvalue weighted by atomic mass is 9.80. The number of nitrogens with zero attached hydrogens (tertiary/aromatic N) is 2. The number of carboxylic acid groups (broad SMARTS) is 3. The molecule has 0 spiro atoms. The molecule has 0 saturated carbocycles. The third-order valence-corrected chi connectivity index (χ3v) is 7.41. The molecule has 5 N–H and O–H groups in total. The van der Waals surface area contributed by atoms with E-state index < -0.39 is 41.9 Å². The van der Waals surface area contributed by atoms with E-state index in [0.717, 1.165) is 26.2 Å². The predicted octanol–water partition coefficient (Wildman–Crippen LogP) is 3.18. The van der Waals surface area contributed by atoms with E-state index in [1.54, 1.807) is 12.1 Å². The second-order valence-electron chi connectivity index (χ2n) is 10.5. The summed E-state index contributed by atoms with van der Waals surface area (Å²) in [5.74, 6) is -5.39. The van der Waals surface area contributed by atoms with Gasteiger partial charge >= 0.3 is 17.9 Å². The summed E-state index contributed by atoms with van der Waals surface area (Å²) < 4.78 is 16.8. The summed E-state index contributed by atoms with van der Waals surface area (Å²) in [5.41, 5.74) is -0.193. The third kappa shape index (κ3) is 7.71. The first-order chi connectivity index (χ1) is 19.8. The van der Waals surface area contributed by atoms with Gasteiger partial charge in [0, 0.05) is 55.8 Å². The van der Waals surface area contributed by atoms with Gasteiger partial charge in [-0.05, 0) is 37.5 Å². The molecule has 0 radical (unpaired) electrons. The van der Waals surface area contributed by atoms with Crippen LogP contribution in [0.2, 0.25) is 0 Å². The molecule has 3 aromatic rings. The number of rotatable bonds is 10.